The molecule has 2 aromatic heterocycles. The number of methoxy groups -OCH3 is 1. The molecule has 0 unspecified atom stereocenters. The van der Waals surface area contributed by atoms with Crippen molar-refractivity contribution in [2.24, 2.45) is 0 Å². The van der Waals surface area contributed by atoms with Crippen LogP contribution in [0, 0.1) is 6.92 Å². The maximum atomic E-state index is 13.1. The number of hydrogen-bond acceptors (Lipinski definition) is 4. The van der Waals surface area contributed by atoms with Crippen molar-refractivity contribution >= 4 is 16.8 Å². The Labute approximate surface area is 180 Å². The molecule has 4 aromatic rings. The average molecular weight is 413 g/mol. The van der Waals surface area contributed by atoms with Crippen LogP contribution in [0.5, 0.6) is 5.75 Å². The highest BCUT2D eigenvalue weighted by Gasteiger charge is 2.14. The van der Waals surface area contributed by atoms with Crippen LogP contribution in [-0.2, 0) is 13.1 Å². The molecule has 0 fully saturated rings. The zero-order valence-corrected chi connectivity index (χ0v) is 17.5. The van der Waals surface area contributed by atoms with Gasteiger partial charge >= 0.3 is 0 Å². The standard InChI is InChI=1S/C25H23N3O3/c1-17-21(24(29)26-15-18-6-4-3-5-7-18)14-22-23(27-17)12-13-28(25(22)30)16-19-8-10-20(31-2)11-9-19/h3-14H,15-16H2,1-2H3,(H,26,29). The quantitative estimate of drug-likeness (QED) is 0.523. The fraction of sp³-hybridized carbons (Fsp3) is 0.160. The summed E-state index contributed by atoms with van der Waals surface area (Å²) in [5, 5.41) is 3.33. The molecule has 0 saturated heterocycles. The number of hydrogen-bond donors (Lipinski definition) is 1. The van der Waals surface area contributed by atoms with Gasteiger partial charge in [0, 0.05) is 12.7 Å². The van der Waals surface area contributed by atoms with Crippen LogP contribution in [0.3, 0.4) is 0 Å². The Bertz CT molecular complexity index is 1280. The molecule has 1 N–H and O–H groups in total. The number of amides is 1. The van der Waals surface area contributed by atoms with Crippen molar-refractivity contribution in [2.45, 2.75) is 20.0 Å². The molecule has 0 bridgehead atoms. The largest absolute Gasteiger partial charge is 0.497 e. The van der Waals surface area contributed by atoms with Gasteiger partial charge in [0.2, 0.25) is 0 Å². The summed E-state index contributed by atoms with van der Waals surface area (Å²) in [6.45, 7) is 2.61. The summed E-state index contributed by atoms with van der Waals surface area (Å²) >= 11 is 0. The Morgan fingerprint density at radius 3 is 2.48 bits per heavy atom. The smallest absolute Gasteiger partial charge is 0.260 e. The van der Waals surface area contributed by atoms with E-state index in [-0.39, 0.29) is 11.5 Å². The zero-order chi connectivity index (χ0) is 21.8. The highest BCUT2D eigenvalue weighted by Crippen LogP contribution is 2.16. The van der Waals surface area contributed by atoms with Crippen molar-refractivity contribution in [3.05, 3.63) is 106 Å². The van der Waals surface area contributed by atoms with E-state index >= 15 is 0 Å². The fourth-order valence-corrected chi connectivity index (χ4v) is 3.46. The number of aromatic nitrogens is 2. The SMILES string of the molecule is COc1ccc(Cn2ccc3nc(C)c(C(=O)NCc4ccccc4)cc3c2=O)cc1. The Morgan fingerprint density at radius 2 is 1.77 bits per heavy atom. The molecule has 156 valence electrons. The monoisotopic (exact) mass is 413 g/mol. The van der Waals surface area contributed by atoms with Crippen LogP contribution >= 0.6 is 0 Å². The van der Waals surface area contributed by atoms with Crippen LogP contribution in [0.4, 0.5) is 0 Å². The third kappa shape index (κ3) is 4.48. The second kappa shape index (κ2) is 8.83. The molecule has 0 aliphatic rings. The number of fused-ring (bicyclic) bond motifs is 1. The summed E-state index contributed by atoms with van der Waals surface area (Å²) in [5.74, 6) is 0.515. The summed E-state index contributed by atoms with van der Waals surface area (Å²) in [6, 6.07) is 20.7. The van der Waals surface area contributed by atoms with Gasteiger partial charge in [0.15, 0.2) is 0 Å². The molecule has 1 amide bonds. The number of benzene rings is 2. The number of nitrogens with one attached hydrogen (secondary N) is 1. The van der Waals surface area contributed by atoms with Gasteiger partial charge in [-0.2, -0.15) is 0 Å². The second-order valence-electron chi connectivity index (χ2n) is 7.32. The lowest BCUT2D eigenvalue weighted by Crippen LogP contribution is -2.25. The van der Waals surface area contributed by atoms with E-state index < -0.39 is 0 Å². The van der Waals surface area contributed by atoms with E-state index in [0.717, 1.165) is 16.9 Å². The molecule has 6 heteroatoms. The van der Waals surface area contributed by atoms with Gasteiger partial charge in [-0.05, 0) is 42.3 Å². The van der Waals surface area contributed by atoms with E-state index in [1.54, 1.807) is 36.9 Å². The lowest BCUT2D eigenvalue weighted by atomic mass is 10.1. The third-order valence-electron chi connectivity index (χ3n) is 5.20. The molecule has 0 aliphatic heterocycles. The molecule has 0 saturated carbocycles. The Hall–Kier alpha value is -3.93. The van der Waals surface area contributed by atoms with Gasteiger partial charge in [-0.1, -0.05) is 42.5 Å². The maximum absolute atomic E-state index is 13.1. The first-order valence-corrected chi connectivity index (χ1v) is 10.0. The van der Waals surface area contributed by atoms with Crippen LogP contribution in [0.1, 0.15) is 27.2 Å². The summed E-state index contributed by atoms with van der Waals surface area (Å²) in [5.41, 5.74) is 3.37. The topological polar surface area (TPSA) is 73.2 Å². The van der Waals surface area contributed by atoms with E-state index in [4.69, 9.17) is 4.74 Å². The van der Waals surface area contributed by atoms with Crippen molar-refractivity contribution in [3.63, 3.8) is 0 Å². The van der Waals surface area contributed by atoms with Crippen LogP contribution in [0.2, 0.25) is 0 Å². The fourth-order valence-electron chi connectivity index (χ4n) is 3.46. The van der Waals surface area contributed by atoms with Gasteiger partial charge in [0.1, 0.15) is 5.75 Å². The van der Waals surface area contributed by atoms with Crippen LogP contribution in [0.25, 0.3) is 10.9 Å². The van der Waals surface area contributed by atoms with Crippen molar-refractivity contribution in [2.75, 3.05) is 7.11 Å². The maximum Gasteiger partial charge on any atom is 0.260 e. The minimum Gasteiger partial charge on any atom is -0.497 e. The number of rotatable bonds is 6. The first kappa shape index (κ1) is 20.3. The predicted molar refractivity (Wildman–Crippen MR) is 120 cm³/mol. The molecule has 6 nitrogen and oxygen atoms in total. The van der Waals surface area contributed by atoms with Gasteiger partial charge in [0.25, 0.3) is 11.5 Å². The van der Waals surface area contributed by atoms with Crippen LogP contribution in [0.15, 0.2) is 77.7 Å². The Balaban J connectivity index is 1.62. The number of nitrogens with zero attached hydrogens (tertiary/aromatic N) is 2. The van der Waals surface area contributed by atoms with Gasteiger partial charge in [-0.3, -0.25) is 14.6 Å². The Kier molecular flexibility index (Phi) is 5.80. The summed E-state index contributed by atoms with van der Waals surface area (Å²) in [4.78, 5) is 30.3. The van der Waals surface area contributed by atoms with Crippen LogP contribution < -0.4 is 15.6 Å². The lowest BCUT2D eigenvalue weighted by Gasteiger charge is -2.11. The lowest BCUT2D eigenvalue weighted by molar-refractivity contribution is 0.0950. The summed E-state index contributed by atoms with van der Waals surface area (Å²) < 4.78 is 6.80. The number of pyridine rings is 2. The van der Waals surface area contributed by atoms with E-state index in [2.05, 4.69) is 10.3 Å². The van der Waals surface area contributed by atoms with Crippen molar-refractivity contribution < 1.29 is 9.53 Å². The molecule has 2 aromatic carbocycles. The Morgan fingerprint density at radius 1 is 1.03 bits per heavy atom. The average Bonchev–Trinajstić information content (AvgIpc) is 2.80. The van der Waals surface area contributed by atoms with Crippen molar-refractivity contribution in [1.29, 1.82) is 0 Å². The zero-order valence-electron chi connectivity index (χ0n) is 17.5. The summed E-state index contributed by atoms with van der Waals surface area (Å²) in [7, 11) is 1.62. The van der Waals surface area contributed by atoms with Crippen molar-refractivity contribution in [1.82, 2.24) is 14.9 Å². The molecule has 0 atom stereocenters. The number of aryl methyl sites for hydroxylation is 1. The minimum absolute atomic E-state index is 0.182. The molecule has 0 radical (unpaired) electrons. The van der Waals surface area contributed by atoms with E-state index in [1.807, 2.05) is 54.6 Å². The van der Waals surface area contributed by atoms with E-state index in [9.17, 15) is 9.59 Å². The first-order chi connectivity index (χ1) is 15.0. The molecular formula is C25H23N3O3. The minimum atomic E-state index is -0.249. The first-order valence-electron chi connectivity index (χ1n) is 10.0. The molecule has 2 heterocycles. The highest BCUT2D eigenvalue weighted by atomic mass is 16.5. The second-order valence-corrected chi connectivity index (χ2v) is 7.32. The molecular weight excluding hydrogens is 390 g/mol. The number of ether oxygens (including phenoxy) is 1. The third-order valence-corrected chi connectivity index (χ3v) is 5.20. The molecule has 31 heavy (non-hydrogen) atoms. The van der Waals surface area contributed by atoms with Gasteiger partial charge in [0.05, 0.1) is 35.8 Å². The van der Waals surface area contributed by atoms with Gasteiger partial charge < -0.3 is 14.6 Å². The molecule has 0 spiro atoms. The van der Waals surface area contributed by atoms with Gasteiger partial charge in [-0.15, -0.1) is 0 Å². The molecule has 4 rings (SSSR count). The normalized spacial score (nSPS) is 10.8. The van der Waals surface area contributed by atoms with E-state index in [1.165, 1.54) is 0 Å². The molecule has 0 aliphatic carbocycles. The van der Waals surface area contributed by atoms with E-state index in [0.29, 0.717) is 35.2 Å². The van der Waals surface area contributed by atoms with Crippen molar-refractivity contribution in [3.8, 4) is 5.75 Å². The highest BCUT2D eigenvalue weighted by molar-refractivity contribution is 5.98. The number of carbonyl (C=O) groups excluding carboxylic acids is 1. The van der Waals surface area contributed by atoms with Crippen LogP contribution in [-0.4, -0.2) is 22.6 Å². The number of carbonyl (C=O) groups is 1. The predicted octanol–water partition coefficient (Wildman–Crippen LogP) is 3.69. The van der Waals surface area contributed by atoms with Gasteiger partial charge in [-0.25, -0.2) is 0 Å². The summed E-state index contributed by atoms with van der Waals surface area (Å²) in [6.07, 6.45) is 1.73.